The van der Waals surface area contributed by atoms with Crippen molar-refractivity contribution in [2.24, 2.45) is 0 Å². The lowest BCUT2D eigenvalue weighted by Crippen LogP contribution is -2.13. The summed E-state index contributed by atoms with van der Waals surface area (Å²) in [7, 11) is -4.00. The molecule has 114 valence electrons. The molecular weight excluding hydrogens is 388 g/mol. The van der Waals surface area contributed by atoms with Gasteiger partial charge in [-0.3, -0.25) is 4.72 Å². The summed E-state index contributed by atoms with van der Waals surface area (Å²) in [6, 6.07) is 4.52. The molecule has 2 N–H and O–H groups in total. The topological polar surface area (TPSA) is 66.4 Å². The number of anilines is 1. The number of benzene rings is 1. The van der Waals surface area contributed by atoms with E-state index >= 15 is 0 Å². The van der Waals surface area contributed by atoms with Crippen LogP contribution in [0.2, 0.25) is 0 Å². The van der Waals surface area contributed by atoms with E-state index in [9.17, 15) is 17.2 Å². The molecule has 1 aromatic heterocycles. The van der Waals surface area contributed by atoms with Gasteiger partial charge < -0.3 is 5.11 Å². The molecule has 0 unspecified atom stereocenters. The highest BCUT2D eigenvalue weighted by atomic mass is 79.9. The quantitative estimate of drug-likeness (QED) is 0.761. The highest BCUT2D eigenvalue weighted by molar-refractivity contribution is 9.10. The molecule has 1 aromatic carbocycles. The summed E-state index contributed by atoms with van der Waals surface area (Å²) in [4.78, 5) is 0.681. The van der Waals surface area contributed by atoms with Crippen LogP contribution in [0, 0.1) is 11.6 Å². The molecule has 0 amide bonds. The Balaban J connectivity index is 2.30. The summed E-state index contributed by atoms with van der Waals surface area (Å²) in [5.41, 5.74) is -0.465. The second-order valence-corrected chi connectivity index (χ2v) is 7.98. The number of hydrogen-bond donors (Lipinski definition) is 2. The van der Waals surface area contributed by atoms with Crippen molar-refractivity contribution < 1.29 is 22.3 Å². The van der Waals surface area contributed by atoms with E-state index in [1.165, 1.54) is 6.07 Å². The first-order valence-corrected chi connectivity index (χ1v) is 8.79. The maximum absolute atomic E-state index is 13.6. The van der Waals surface area contributed by atoms with E-state index < -0.39 is 27.3 Å². The normalized spacial score (nSPS) is 11.6. The lowest BCUT2D eigenvalue weighted by atomic mass is 10.3. The van der Waals surface area contributed by atoms with Crippen LogP contribution in [0.5, 0.6) is 0 Å². The molecule has 0 spiro atoms. The predicted octanol–water partition coefficient (Wildman–Crippen LogP) is 3.12. The summed E-state index contributed by atoms with van der Waals surface area (Å²) < 4.78 is 53.1. The number of aliphatic hydroxyl groups is 1. The largest absolute Gasteiger partial charge is 0.396 e. The molecule has 0 aliphatic rings. The standard InChI is InChI=1S/C12H10BrF2NO3S2/c13-8-5-10(15)11(6-9(8)14)16-21(18,19)12-2-1-7(20-12)3-4-17/h1-2,5-6,16-17H,3-4H2. The molecule has 21 heavy (non-hydrogen) atoms. The Morgan fingerprint density at radius 3 is 2.62 bits per heavy atom. The molecule has 4 nitrogen and oxygen atoms in total. The number of rotatable bonds is 5. The van der Waals surface area contributed by atoms with E-state index in [1.54, 1.807) is 6.07 Å². The number of aliphatic hydroxyl groups excluding tert-OH is 1. The first-order valence-electron chi connectivity index (χ1n) is 5.70. The molecule has 0 bridgehead atoms. The zero-order valence-corrected chi connectivity index (χ0v) is 13.7. The summed E-state index contributed by atoms with van der Waals surface area (Å²) >= 11 is 3.77. The van der Waals surface area contributed by atoms with E-state index in [1.807, 2.05) is 4.72 Å². The molecule has 1 heterocycles. The van der Waals surface area contributed by atoms with Crippen LogP contribution in [0.1, 0.15) is 4.88 Å². The average molecular weight is 398 g/mol. The third-order valence-electron chi connectivity index (χ3n) is 2.51. The van der Waals surface area contributed by atoms with Gasteiger partial charge in [0.15, 0.2) is 0 Å². The van der Waals surface area contributed by atoms with Gasteiger partial charge in [0.1, 0.15) is 15.8 Å². The molecule has 2 rings (SSSR count). The third-order valence-corrected chi connectivity index (χ3v) is 6.12. The van der Waals surface area contributed by atoms with Gasteiger partial charge in [0.25, 0.3) is 10.0 Å². The van der Waals surface area contributed by atoms with Crippen LogP contribution in [0.15, 0.2) is 32.9 Å². The number of hydrogen-bond acceptors (Lipinski definition) is 4. The zero-order valence-electron chi connectivity index (χ0n) is 10.4. The first kappa shape index (κ1) is 16.3. The first-order chi connectivity index (χ1) is 9.83. The Hall–Kier alpha value is -1.03. The molecule has 2 aromatic rings. The second-order valence-electron chi connectivity index (χ2n) is 4.05. The van der Waals surface area contributed by atoms with Crippen LogP contribution in [-0.4, -0.2) is 20.1 Å². The van der Waals surface area contributed by atoms with Gasteiger partial charge in [0, 0.05) is 24.0 Å². The fourth-order valence-electron chi connectivity index (χ4n) is 1.54. The third kappa shape index (κ3) is 3.79. The van der Waals surface area contributed by atoms with Crippen LogP contribution in [-0.2, 0) is 16.4 Å². The van der Waals surface area contributed by atoms with Gasteiger partial charge in [-0.2, -0.15) is 0 Å². The lowest BCUT2D eigenvalue weighted by molar-refractivity contribution is 0.300. The number of halogens is 3. The van der Waals surface area contributed by atoms with E-state index in [0.29, 0.717) is 11.3 Å². The van der Waals surface area contributed by atoms with Crippen molar-refractivity contribution in [1.82, 2.24) is 0 Å². The second kappa shape index (κ2) is 6.39. The van der Waals surface area contributed by atoms with Crippen LogP contribution < -0.4 is 4.72 Å². The summed E-state index contributed by atoms with van der Waals surface area (Å²) in [6.07, 6.45) is 0.335. The van der Waals surface area contributed by atoms with Crippen LogP contribution in [0.3, 0.4) is 0 Å². The molecule has 0 radical (unpaired) electrons. The van der Waals surface area contributed by atoms with Crippen molar-refractivity contribution in [2.45, 2.75) is 10.6 Å². The van der Waals surface area contributed by atoms with Gasteiger partial charge in [-0.25, -0.2) is 17.2 Å². The summed E-state index contributed by atoms with van der Waals surface area (Å²) in [5.74, 6) is -1.67. The minimum Gasteiger partial charge on any atom is -0.396 e. The van der Waals surface area contributed by atoms with Crippen molar-refractivity contribution in [3.05, 3.63) is 45.2 Å². The average Bonchev–Trinajstić information content (AvgIpc) is 2.86. The highest BCUT2D eigenvalue weighted by Gasteiger charge is 2.20. The van der Waals surface area contributed by atoms with Gasteiger partial charge >= 0.3 is 0 Å². The molecule has 9 heteroatoms. The van der Waals surface area contributed by atoms with Crippen molar-refractivity contribution in [3.63, 3.8) is 0 Å². The minimum absolute atomic E-state index is 0.0336. The highest BCUT2D eigenvalue weighted by Crippen LogP contribution is 2.28. The smallest absolute Gasteiger partial charge is 0.271 e. The molecule has 0 fully saturated rings. The van der Waals surface area contributed by atoms with Crippen molar-refractivity contribution in [2.75, 3.05) is 11.3 Å². The Morgan fingerprint density at radius 2 is 1.95 bits per heavy atom. The lowest BCUT2D eigenvalue weighted by Gasteiger charge is -2.08. The maximum Gasteiger partial charge on any atom is 0.271 e. The fraction of sp³-hybridized carbons (Fsp3) is 0.167. The molecular formula is C12H10BrF2NO3S2. The van der Waals surface area contributed by atoms with Crippen molar-refractivity contribution in [3.8, 4) is 0 Å². The van der Waals surface area contributed by atoms with E-state index in [-0.39, 0.29) is 15.3 Å². The van der Waals surface area contributed by atoms with Crippen LogP contribution in [0.25, 0.3) is 0 Å². The Labute approximate surface area is 132 Å². The molecule has 0 saturated heterocycles. The molecule has 0 aliphatic carbocycles. The van der Waals surface area contributed by atoms with Crippen LogP contribution in [0.4, 0.5) is 14.5 Å². The Bertz CT molecular complexity index is 762. The summed E-state index contributed by atoms with van der Waals surface area (Å²) in [5, 5.41) is 8.81. The van der Waals surface area contributed by atoms with Crippen LogP contribution >= 0.6 is 27.3 Å². The van der Waals surface area contributed by atoms with E-state index in [2.05, 4.69) is 15.9 Å². The molecule has 0 saturated carbocycles. The van der Waals surface area contributed by atoms with Gasteiger partial charge in [0.05, 0.1) is 10.2 Å². The SMILES string of the molecule is O=S(=O)(Nc1cc(F)c(Br)cc1F)c1ccc(CCO)s1. The fourth-order valence-corrected chi connectivity index (χ4v) is 4.26. The summed E-state index contributed by atoms with van der Waals surface area (Å²) in [6.45, 7) is -0.0972. The predicted molar refractivity (Wildman–Crippen MR) is 80.0 cm³/mol. The number of thiophene rings is 1. The zero-order chi connectivity index (χ0) is 15.6. The van der Waals surface area contributed by atoms with E-state index in [0.717, 1.165) is 23.5 Å². The minimum atomic E-state index is -4.00. The van der Waals surface area contributed by atoms with Gasteiger partial charge in [-0.15, -0.1) is 11.3 Å². The van der Waals surface area contributed by atoms with Gasteiger partial charge in [-0.1, -0.05) is 0 Å². The number of nitrogens with one attached hydrogen (secondary N) is 1. The van der Waals surface area contributed by atoms with E-state index in [4.69, 9.17) is 5.11 Å². The Morgan fingerprint density at radius 1 is 1.24 bits per heavy atom. The molecule has 0 atom stereocenters. The molecule has 0 aliphatic heterocycles. The van der Waals surface area contributed by atoms with Gasteiger partial charge in [0.2, 0.25) is 0 Å². The Kier molecular flexibility index (Phi) is 4.97. The van der Waals surface area contributed by atoms with Crippen molar-refractivity contribution in [1.29, 1.82) is 0 Å². The maximum atomic E-state index is 13.6. The number of sulfonamides is 1. The van der Waals surface area contributed by atoms with Gasteiger partial charge in [-0.05, 0) is 34.1 Å². The monoisotopic (exact) mass is 397 g/mol. The van der Waals surface area contributed by atoms with Crippen molar-refractivity contribution >= 4 is 43.0 Å².